The van der Waals surface area contributed by atoms with Crippen LogP contribution < -0.4 is 11.1 Å². The summed E-state index contributed by atoms with van der Waals surface area (Å²) in [5.74, 6) is 0. The normalized spacial score (nSPS) is 14.1. The van der Waals surface area contributed by atoms with Gasteiger partial charge in [0.2, 0.25) is 0 Å². The number of aliphatic hydroxyl groups excluding tert-OH is 1. The number of likely N-dealkylation sites (N-methyl/N-ethyl adjacent to an activating group) is 1. The van der Waals surface area contributed by atoms with Crippen LogP contribution in [0.1, 0.15) is 0 Å². The SMILES string of the molecule is CNCC(O)C[NH]. The van der Waals surface area contributed by atoms with E-state index in [1.165, 1.54) is 0 Å². The topological polar surface area (TPSA) is 56.1 Å². The van der Waals surface area contributed by atoms with E-state index in [4.69, 9.17) is 10.8 Å². The number of rotatable bonds is 3. The molecule has 0 aromatic heterocycles. The number of aliphatic hydroxyl groups is 1. The van der Waals surface area contributed by atoms with Crippen LogP contribution in [0, 0.1) is 0 Å². The quantitative estimate of drug-likeness (QED) is 0.474. The standard InChI is InChI=1S/C4H11N2O/c1-6-3-4(7)2-5/h4-7H,2-3H2,1H3. The van der Waals surface area contributed by atoms with Gasteiger partial charge in [-0.3, -0.25) is 5.73 Å². The number of nitrogens with one attached hydrogen (secondary N) is 2. The van der Waals surface area contributed by atoms with Crippen molar-refractivity contribution < 1.29 is 5.11 Å². The van der Waals surface area contributed by atoms with Gasteiger partial charge >= 0.3 is 0 Å². The fraction of sp³-hybridized carbons (Fsp3) is 1.00. The predicted octanol–water partition coefficient (Wildman–Crippen LogP) is -1.15. The monoisotopic (exact) mass is 103 g/mol. The minimum absolute atomic E-state index is 0.0842. The van der Waals surface area contributed by atoms with Crippen molar-refractivity contribution >= 4 is 0 Å². The van der Waals surface area contributed by atoms with Crippen molar-refractivity contribution in [1.29, 1.82) is 0 Å². The fourth-order valence-corrected chi connectivity index (χ4v) is 0.308. The van der Waals surface area contributed by atoms with Crippen molar-refractivity contribution in [2.45, 2.75) is 6.10 Å². The summed E-state index contributed by atoms with van der Waals surface area (Å²) in [6, 6.07) is 0. The molecule has 0 aliphatic rings. The third kappa shape index (κ3) is 3.72. The molecule has 0 rings (SSSR count). The van der Waals surface area contributed by atoms with Crippen LogP contribution in [-0.4, -0.2) is 31.3 Å². The average Bonchev–Trinajstić information content (AvgIpc) is 1.68. The summed E-state index contributed by atoms with van der Waals surface area (Å²) >= 11 is 0. The highest BCUT2D eigenvalue weighted by molar-refractivity contribution is 4.54. The van der Waals surface area contributed by atoms with Crippen molar-refractivity contribution in [2.75, 3.05) is 20.1 Å². The zero-order valence-corrected chi connectivity index (χ0v) is 4.44. The highest BCUT2D eigenvalue weighted by Gasteiger charge is 1.94. The molecular weight excluding hydrogens is 92.1 g/mol. The summed E-state index contributed by atoms with van der Waals surface area (Å²) in [5.41, 5.74) is 6.62. The Morgan fingerprint density at radius 3 is 2.57 bits per heavy atom. The molecule has 0 bridgehead atoms. The molecular formula is C4H11N2O. The molecule has 1 radical (unpaired) electrons. The zero-order chi connectivity index (χ0) is 5.70. The van der Waals surface area contributed by atoms with E-state index < -0.39 is 6.10 Å². The van der Waals surface area contributed by atoms with Crippen LogP contribution in [0.5, 0.6) is 0 Å². The summed E-state index contributed by atoms with van der Waals surface area (Å²) < 4.78 is 0. The minimum Gasteiger partial charge on any atom is -0.390 e. The molecule has 0 aliphatic heterocycles. The van der Waals surface area contributed by atoms with E-state index in [1.807, 2.05) is 0 Å². The van der Waals surface area contributed by atoms with E-state index in [2.05, 4.69) is 5.32 Å². The van der Waals surface area contributed by atoms with Gasteiger partial charge in [0.05, 0.1) is 6.10 Å². The smallest absolute Gasteiger partial charge is 0.0802 e. The van der Waals surface area contributed by atoms with Gasteiger partial charge < -0.3 is 10.4 Å². The molecule has 3 heteroatoms. The summed E-state index contributed by atoms with van der Waals surface area (Å²) in [6.45, 7) is 0.602. The third-order valence-corrected chi connectivity index (χ3v) is 0.675. The fourth-order valence-electron chi connectivity index (χ4n) is 0.308. The molecule has 43 valence electrons. The largest absolute Gasteiger partial charge is 0.390 e. The van der Waals surface area contributed by atoms with E-state index >= 15 is 0 Å². The molecule has 0 aromatic rings. The Balaban J connectivity index is 2.83. The van der Waals surface area contributed by atoms with E-state index in [1.54, 1.807) is 7.05 Å². The van der Waals surface area contributed by atoms with Crippen molar-refractivity contribution in [3.8, 4) is 0 Å². The molecule has 0 fully saturated rings. The Morgan fingerprint density at radius 2 is 2.43 bits per heavy atom. The molecule has 1 unspecified atom stereocenters. The second-order valence-corrected chi connectivity index (χ2v) is 1.42. The second-order valence-electron chi connectivity index (χ2n) is 1.42. The van der Waals surface area contributed by atoms with E-state index in [0.29, 0.717) is 6.54 Å². The zero-order valence-electron chi connectivity index (χ0n) is 4.44. The first-order valence-electron chi connectivity index (χ1n) is 2.28. The highest BCUT2D eigenvalue weighted by Crippen LogP contribution is 1.71. The molecule has 7 heavy (non-hydrogen) atoms. The van der Waals surface area contributed by atoms with Crippen molar-refractivity contribution in [2.24, 2.45) is 0 Å². The van der Waals surface area contributed by atoms with Crippen LogP contribution in [0.3, 0.4) is 0 Å². The molecule has 0 aromatic carbocycles. The molecule has 3 N–H and O–H groups in total. The molecule has 0 aliphatic carbocycles. The Morgan fingerprint density at radius 1 is 1.86 bits per heavy atom. The lowest BCUT2D eigenvalue weighted by atomic mass is 10.4. The van der Waals surface area contributed by atoms with Crippen LogP contribution in [0.15, 0.2) is 0 Å². The van der Waals surface area contributed by atoms with Gasteiger partial charge in [-0.1, -0.05) is 0 Å². The van der Waals surface area contributed by atoms with Gasteiger partial charge in [0, 0.05) is 13.1 Å². The summed E-state index contributed by atoms with van der Waals surface area (Å²) in [4.78, 5) is 0. The van der Waals surface area contributed by atoms with Gasteiger partial charge in [-0.05, 0) is 7.05 Å². The van der Waals surface area contributed by atoms with E-state index in [-0.39, 0.29) is 6.54 Å². The molecule has 0 spiro atoms. The molecule has 0 heterocycles. The number of hydrogen-bond acceptors (Lipinski definition) is 2. The van der Waals surface area contributed by atoms with Crippen molar-refractivity contribution in [3.63, 3.8) is 0 Å². The Kier molecular flexibility index (Phi) is 3.98. The lowest BCUT2D eigenvalue weighted by Crippen LogP contribution is -2.26. The minimum atomic E-state index is -0.495. The first-order chi connectivity index (χ1) is 3.31. The van der Waals surface area contributed by atoms with E-state index in [9.17, 15) is 0 Å². The molecule has 1 atom stereocenters. The van der Waals surface area contributed by atoms with Gasteiger partial charge in [0.25, 0.3) is 0 Å². The van der Waals surface area contributed by atoms with Crippen LogP contribution in [0.2, 0.25) is 0 Å². The Labute approximate surface area is 43.5 Å². The van der Waals surface area contributed by atoms with Crippen LogP contribution in [0.4, 0.5) is 0 Å². The first kappa shape index (κ1) is 6.88. The maximum absolute atomic E-state index is 8.61. The van der Waals surface area contributed by atoms with Gasteiger partial charge in [-0.15, -0.1) is 0 Å². The van der Waals surface area contributed by atoms with Crippen molar-refractivity contribution in [1.82, 2.24) is 11.1 Å². The van der Waals surface area contributed by atoms with Gasteiger partial charge in [0.1, 0.15) is 0 Å². The van der Waals surface area contributed by atoms with Gasteiger partial charge in [0.15, 0.2) is 0 Å². The average molecular weight is 103 g/mol. The maximum Gasteiger partial charge on any atom is 0.0802 e. The predicted molar refractivity (Wildman–Crippen MR) is 27.9 cm³/mol. The highest BCUT2D eigenvalue weighted by atomic mass is 16.3. The van der Waals surface area contributed by atoms with E-state index in [0.717, 1.165) is 0 Å². The summed E-state index contributed by atoms with van der Waals surface area (Å²) in [7, 11) is 1.75. The van der Waals surface area contributed by atoms with Gasteiger partial charge in [-0.2, -0.15) is 0 Å². The summed E-state index contributed by atoms with van der Waals surface area (Å²) in [6.07, 6.45) is -0.495. The van der Waals surface area contributed by atoms with Crippen molar-refractivity contribution in [3.05, 3.63) is 0 Å². The number of hydrogen-bond donors (Lipinski definition) is 2. The second kappa shape index (κ2) is 4.05. The Bertz CT molecular complexity index is 40.7. The Hall–Kier alpha value is -0.120. The third-order valence-electron chi connectivity index (χ3n) is 0.675. The molecule has 3 nitrogen and oxygen atoms in total. The maximum atomic E-state index is 8.61. The molecule has 0 amide bonds. The van der Waals surface area contributed by atoms with Gasteiger partial charge in [-0.25, -0.2) is 0 Å². The van der Waals surface area contributed by atoms with Crippen LogP contribution in [0.25, 0.3) is 0 Å². The lowest BCUT2D eigenvalue weighted by molar-refractivity contribution is 0.181. The molecule has 0 saturated carbocycles. The summed E-state index contributed by atoms with van der Waals surface area (Å²) in [5, 5.41) is 11.4. The van der Waals surface area contributed by atoms with Crippen LogP contribution >= 0.6 is 0 Å². The van der Waals surface area contributed by atoms with Crippen LogP contribution in [-0.2, 0) is 0 Å². The lowest BCUT2D eigenvalue weighted by Gasteiger charge is -2.02. The first-order valence-corrected chi connectivity index (χ1v) is 2.28. The molecule has 0 saturated heterocycles.